The molecule has 1 unspecified atom stereocenters. The molecule has 0 aliphatic rings. The lowest BCUT2D eigenvalue weighted by Gasteiger charge is -2.21. The van der Waals surface area contributed by atoms with Crippen LogP contribution in [0.4, 0.5) is 0 Å². The normalized spacial score (nSPS) is 15.0. The monoisotopic (exact) mass is 157 g/mol. The summed E-state index contributed by atoms with van der Waals surface area (Å²) < 4.78 is 0. The maximum Gasteiger partial charge on any atom is 0.00388 e. The van der Waals surface area contributed by atoms with Crippen molar-refractivity contribution in [3.63, 3.8) is 0 Å². The molecule has 0 amide bonds. The molecule has 0 aliphatic carbocycles. The van der Waals surface area contributed by atoms with E-state index in [1.165, 1.54) is 12.8 Å². The molecule has 1 nitrogen and oxygen atoms in total. The van der Waals surface area contributed by atoms with E-state index < -0.39 is 0 Å². The van der Waals surface area contributed by atoms with Crippen LogP contribution in [0.15, 0.2) is 0 Å². The molecule has 11 heavy (non-hydrogen) atoms. The van der Waals surface area contributed by atoms with Crippen LogP contribution in [0.2, 0.25) is 0 Å². The van der Waals surface area contributed by atoms with Crippen molar-refractivity contribution in [2.45, 2.75) is 53.5 Å². The van der Waals surface area contributed by atoms with Gasteiger partial charge in [-0.2, -0.15) is 0 Å². The molecule has 0 radical (unpaired) electrons. The van der Waals surface area contributed by atoms with Crippen molar-refractivity contribution in [2.24, 2.45) is 5.41 Å². The van der Waals surface area contributed by atoms with Crippen molar-refractivity contribution >= 4 is 0 Å². The molecule has 68 valence electrons. The first-order chi connectivity index (χ1) is 4.95. The summed E-state index contributed by atoms with van der Waals surface area (Å²) in [5.41, 5.74) is 0.490. The fourth-order valence-corrected chi connectivity index (χ4v) is 1.10. The lowest BCUT2D eigenvalue weighted by molar-refractivity contribution is 0.338. The Morgan fingerprint density at radius 1 is 1.27 bits per heavy atom. The van der Waals surface area contributed by atoms with E-state index in [9.17, 15) is 0 Å². The number of hydrogen-bond donors (Lipinski definition) is 1. The summed E-state index contributed by atoms with van der Waals surface area (Å²) in [5.74, 6) is 0. The first-order valence-corrected chi connectivity index (χ1v) is 4.69. The van der Waals surface area contributed by atoms with E-state index in [0.29, 0.717) is 11.5 Å². The molecule has 0 bridgehead atoms. The molecule has 0 rings (SSSR count). The second kappa shape index (κ2) is 4.76. The highest BCUT2D eigenvalue weighted by Crippen LogP contribution is 2.21. The molecule has 0 aromatic rings. The van der Waals surface area contributed by atoms with Crippen molar-refractivity contribution in [3.05, 3.63) is 0 Å². The predicted octanol–water partition coefficient (Wildman–Crippen LogP) is 2.81. The topological polar surface area (TPSA) is 12.0 Å². The van der Waals surface area contributed by atoms with Gasteiger partial charge in [0, 0.05) is 6.04 Å². The Morgan fingerprint density at radius 3 is 2.18 bits per heavy atom. The number of hydrogen-bond acceptors (Lipinski definition) is 1. The summed E-state index contributed by atoms with van der Waals surface area (Å²) in [6.45, 7) is 12.4. The van der Waals surface area contributed by atoms with Crippen LogP contribution in [0.1, 0.15) is 47.5 Å². The first-order valence-electron chi connectivity index (χ1n) is 4.69. The fourth-order valence-electron chi connectivity index (χ4n) is 1.10. The molecule has 0 aromatic carbocycles. The average molecular weight is 157 g/mol. The van der Waals surface area contributed by atoms with Gasteiger partial charge in [0.05, 0.1) is 0 Å². The predicted molar refractivity (Wildman–Crippen MR) is 51.8 cm³/mol. The standard InChI is InChI=1S/C10H23N/c1-6-11-9(2)7-8-10(3,4)5/h9,11H,6-8H2,1-5H3. The Hall–Kier alpha value is -0.0400. The summed E-state index contributed by atoms with van der Waals surface area (Å²) in [4.78, 5) is 0. The van der Waals surface area contributed by atoms with Crippen molar-refractivity contribution in [3.8, 4) is 0 Å². The average Bonchev–Trinajstić information content (AvgIpc) is 1.83. The van der Waals surface area contributed by atoms with Gasteiger partial charge in [-0.15, -0.1) is 0 Å². The maximum absolute atomic E-state index is 3.42. The molecule has 1 heteroatoms. The Kier molecular flexibility index (Phi) is 4.74. The molecular weight excluding hydrogens is 134 g/mol. The van der Waals surface area contributed by atoms with Crippen molar-refractivity contribution in [1.29, 1.82) is 0 Å². The fraction of sp³-hybridized carbons (Fsp3) is 1.00. The minimum atomic E-state index is 0.490. The largest absolute Gasteiger partial charge is 0.315 e. The van der Waals surface area contributed by atoms with Gasteiger partial charge in [-0.1, -0.05) is 27.7 Å². The third-order valence-corrected chi connectivity index (χ3v) is 1.88. The minimum Gasteiger partial charge on any atom is -0.315 e. The highest BCUT2D eigenvalue weighted by Gasteiger charge is 2.11. The second-order valence-electron chi connectivity index (χ2n) is 4.56. The Morgan fingerprint density at radius 2 is 1.82 bits per heavy atom. The molecule has 0 saturated carbocycles. The Balaban J connectivity index is 3.38. The van der Waals surface area contributed by atoms with Gasteiger partial charge in [0.2, 0.25) is 0 Å². The summed E-state index contributed by atoms with van der Waals surface area (Å²) in [6.07, 6.45) is 2.60. The summed E-state index contributed by atoms with van der Waals surface area (Å²) in [6, 6.07) is 0.680. The van der Waals surface area contributed by atoms with E-state index in [1.807, 2.05) is 0 Å². The van der Waals surface area contributed by atoms with Gasteiger partial charge in [0.25, 0.3) is 0 Å². The van der Waals surface area contributed by atoms with Crippen molar-refractivity contribution in [2.75, 3.05) is 6.54 Å². The van der Waals surface area contributed by atoms with Gasteiger partial charge in [0.15, 0.2) is 0 Å². The number of rotatable bonds is 4. The molecular formula is C10H23N. The summed E-state index contributed by atoms with van der Waals surface area (Å²) in [5, 5.41) is 3.42. The van der Waals surface area contributed by atoms with Gasteiger partial charge in [-0.05, 0) is 31.7 Å². The van der Waals surface area contributed by atoms with Gasteiger partial charge in [-0.3, -0.25) is 0 Å². The van der Waals surface area contributed by atoms with E-state index in [2.05, 4.69) is 39.9 Å². The van der Waals surface area contributed by atoms with Gasteiger partial charge in [-0.25, -0.2) is 0 Å². The number of nitrogens with one attached hydrogen (secondary N) is 1. The lowest BCUT2D eigenvalue weighted by atomic mass is 9.89. The van der Waals surface area contributed by atoms with Crippen molar-refractivity contribution in [1.82, 2.24) is 5.32 Å². The molecule has 0 saturated heterocycles. The van der Waals surface area contributed by atoms with Crippen LogP contribution < -0.4 is 5.32 Å². The zero-order chi connectivity index (χ0) is 8.91. The summed E-state index contributed by atoms with van der Waals surface area (Å²) in [7, 11) is 0. The van der Waals surface area contributed by atoms with Crippen LogP contribution in [0.3, 0.4) is 0 Å². The van der Waals surface area contributed by atoms with Gasteiger partial charge < -0.3 is 5.32 Å². The zero-order valence-electron chi connectivity index (χ0n) is 8.70. The smallest absolute Gasteiger partial charge is 0.00388 e. The van der Waals surface area contributed by atoms with Gasteiger partial charge >= 0.3 is 0 Å². The third kappa shape index (κ3) is 7.86. The minimum absolute atomic E-state index is 0.490. The van der Waals surface area contributed by atoms with Gasteiger partial charge in [0.1, 0.15) is 0 Å². The SMILES string of the molecule is CCNC(C)CCC(C)(C)C. The van der Waals surface area contributed by atoms with Crippen molar-refractivity contribution < 1.29 is 0 Å². The van der Waals surface area contributed by atoms with Crippen LogP contribution in [-0.4, -0.2) is 12.6 Å². The lowest BCUT2D eigenvalue weighted by Crippen LogP contribution is -2.26. The van der Waals surface area contributed by atoms with E-state index in [-0.39, 0.29) is 0 Å². The first kappa shape index (κ1) is 11.0. The molecule has 0 aromatic heterocycles. The zero-order valence-corrected chi connectivity index (χ0v) is 8.70. The Bertz CT molecular complexity index is 91.5. The van der Waals surface area contributed by atoms with Crippen LogP contribution >= 0.6 is 0 Å². The molecule has 0 fully saturated rings. The van der Waals surface area contributed by atoms with Crippen LogP contribution in [0, 0.1) is 5.41 Å². The van der Waals surface area contributed by atoms with E-state index in [4.69, 9.17) is 0 Å². The summed E-state index contributed by atoms with van der Waals surface area (Å²) >= 11 is 0. The van der Waals surface area contributed by atoms with E-state index >= 15 is 0 Å². The highest BCUT2D eigenvalue weighted by molar-refractivity contribution is 4.66. The molecule has 0 spiro atoms. The maximum atomic E-state index is 3.42. The van der Waals surface area contributed by atoms with Crippen LogP contribution in [0.25, 0.3) is 0 Å². The van der Waals surface area contributed by atoms with Crippen LogP contribution in [0.5, 0.6) is 0 Å². The molecule has 0 heterocycles. The third-order valence-electron chi connectivity index (χ3n) is 1.88. The molecule has 1 N–H and O–H groups in total. The quantitative estimate of drug-likeness (QED) is 0.661. The second-order valence-corrected chi connectivity index (χ2v) is 4.56. The van der Waals surface area contributed by atoms with E-state index in [0.717, 1.165) is 6.54 Å². The van der Waals surface area contributed by atoms with Crippen LogP contribution in [-0.2, 0) is 0 Å². The molecule has 1 atom stereocenters. The molecule has 0 aliphatic heterocycles. The van der Waals surface area contributed by atoms with E-state index in [1.54, 1.807) is 0 Å². The highest BCUT2D eigenvalue weighted by atomic mass is 14.9. The Labute approximate surface area is 71.6 Å².